The summed E-state index contributed by atoms with van der Waals surface area (Å²) in [6.07, 6.45) is -3.45. The summed E-state index contributed by atoms with van der Waals surface area (Å²) >= 11 is 5.58. The van der Waals surface area contributed by atoms with E-state index in [9.17, 15) is 8.78 Å². The third-order valence-corrected chi connectivity index (χ3v) is 2.01. The fourth-order valence-electron chi connectivity index (χ4n) is 0.887. The summed E-state index contributed by atoms with van der Waals surface area (Å²) in [5.41, 5.74) is 0.649. The van der Waals surface area contributed by atoms with E-state index in [4.69, 9.17) is 16.7 Å². The number of aryl methyl sites for hydroxylation is 1. The van der Waals surface area contributed by atoms with Crippen molar-refractivity contribution in [3.63, 3.8) is 0 Å². The second-order valence-corrected chi connectivity index (χ2v) is 3.01. The third kappa shape index (κ3) is 2.35. The molecule has 1 atom stereocenters. The molecule has 1 heterocycles. The number of aliphatic hydroxyl groups excluding tert-OH is 1. The van der Waals surface area contributed by atoms with Gasteiger partial charge >= 0.3 is 0 Å². The first-order chi connectivity index (χ1) is 6.02. The molecule has 1 aromatic heterocycles. The summed E-state index contributed by atoms with van der Waals surface area (Å²) in [7, 11) is 0. The van der Waals surface area contributed by atoms with Gasteiger partial charge in [-0.1, -0.05) is 11.6 Å². The Morgan fingerprint density at radius 2 is 2.15 bits per heavy atom. The molecule has 0 aromatic carbocycles. The van der Waals surface area contributed by atoms with Crippen molar-refractivity contribution in [3.8, 4) is 0 Å². The van der Waals surface area contributed by atoms with Gasteiger partial charge in [-0.25, -0.2) is 13.8 Å². The zero-order chi connectivity index (χ0) is 10.0. The highest BCUT2D eigenvalue weighted by Crippen LogP contribution is 2.22. The Morgan fingerprint density at radius 3 is 2.62 bits per heavy atom. The number of hydrogen-bond acceptors (Lipinski definition) is 2. The van der Waals surface area contributed by atoms with Crippen molar-refractivity contribution in [2.24, 2.45) is 0 Å². The first kappa shape index (κ1) is 10.3. The van der Waals surface area contributed by atoms with E-state index in [0.717, 1.165) is 6.20 Å². The van der Waals surface area contributed by atoms with Crippen LogP contribution in [0.15, 0.2) is 12.3 Å². The molecular weight excluding hydrogens is 200 g/mol. The van der Waals surface area contributed by atoms with Crippen molar-refractivity contribution in [1.82, 2.24) is 4.98 Å². The Labute approximate surface area is 79.2 Å². The quantitative estimate of drug-likeness (QED) is 0.756. The number of halogens is 3. The first-order valence-corrected chi connectivity index (χ1v) is 3.98. The summed E-state index contributed by atoms with van der Waals surface area (Å²) in [5, 5.41) is 9.23. The fraction of sp³-hybridized carbons (Fsp3) is 0.375. The first-order valence-electron chi connectivity index (χ1n) is 3.60. The minimum atomic E-state index is -2.80. The van der Waals surface area contributed by atoms with Crippen molar-refractivity contribution in [1.29, 1.82) is 0 Å². The molecular formula is C8H8ClF2NO. The molecule has 0 aliphatic heterocycles. The minimum Gasteiger partial charge on any atom is -0.382 e. The molecule has 72 valence electrons. The van der Waals surface area contributed by atoms with Gasteiger partial charge in [-0.3, -0.25) is 0 Å². The molecule has 0 amide bonds. The van der Waals surface area contributed by atoms with Crippen LogP contribution < -0.4 is 0 Å². The Bertz CT molecular complexity index is 306. The monoisotopic (exact) mass is 207 g/mol. The third-order valence-electron chi connectivity index (χ3n) is 1.62. The van der Waals surface area contributed by atoms with E-state index in [2.05, 4.69) is 4.98 Å². The van der Waals surface area contributed by atoms with Crippen LogP contribution in [-0.2, 0) is 0 Å². The Balaban J connectivity index is 2.97. The number of hydrogen-bond donors (Lipinski definition) is 1. The minimum absolute atomic E-state index is 0.0805. The predicted octanol–water partition coefficient (Wildman–Crippen LogP) is 2.34. The van der Waals surface area contributed by atoms with Crippen LogP contribution in [0.25, 0.3) is 0 Å². The highest BCUT2D eigenvalue weighted by atomic mass is 35.5. The lowest BCUT2D eigenvalue weighted by atomic mass is 10.1. The topological polar surface area (TPSA) is 33.1 Å². The normalized spacial score (nSPS) is 13.4. The number of alkyl halides is 2. The highest BCUT2D eigenvalue weighted by Gasteiger charge is 2.19. The van der Waals surface area contributed by atoms with Gasteiger partial charge in [0.1, 0.15) is 11.3 Å². The number of aromatic nitrogens is 1. The smallest absolute Gasteiger partial charge is 0.268 e. The molecule has 13 heavy (non-hydrogen) atoms. The van der Waals surface area contributed by atoms with Crippen LogP contribution in [0.5, 0.6) is 0 Å². The molecule has 0 aliphatic carbocycles. The van der Waals surface area contributed by atoms with E-state index < -0.39 is 12.5 Å². The summed E-state index contributed by atoms with van der Waals surface area (Å²) in [6, 6.07) is 1.40. The molecule has 0 spiro atoms. The molecule has 5 heteroatoms. The van der Waals surface area contributed by atoms with E-state index in [1.807, 2.05) is 0 Å². The molecule has 0 radical (unpaired) electrons. The van der Waals surface area contributed by atoms with Crippen LogP contribution in [0.4, 0.5) is 8.78 Å². The molecule has 2 nitrogen and oxygen atoms in total. The summed E-state index contributed by atoms with van der Waals surface area (Å²) in [5.74, 6) is 0. The van der Waals surface area contributed by atoms with E-state index in [1.54, 1.807) is 6.92 Å². The van der Waals surface area contributed by atoms with E-state index >= 15 is 0 Å². The average molecular weight is 208 g/mol. The predicted molar refractivity (Wildman–Crippen MR) is 44.9 cm³/mol. The van der Waals surface area contributed by atoms with Crippen LogP contribution in [0.3, 0.4) is 0 Å². The van der Waals surface area contributed by atoms with Crippen LogP contribution >= 0.6 is 11.6 Å². The lowest BCUT2D eigenvalue weighted by molar-refractivity contribution is -0.00598. The number of pyridine rings is 1. The molecule has 0 aliphatic rings. The van der Waals surface area contributed by atoms with Crippen molar-refractivity contribution in [2.45, 2.75) is 19.5 Å². The van der Waals surface area contributed by atoms with Crippen LogP contribution in [-0.4, -0.2) is 16.5 Å². The van der Waals surface area contributed by atoms with Gasteiger partial charge in [0.25, 0.3) is 6.43 Å². The highest BCUT2D eigenvalue weighted by molar-refractivity contribution is 6.30. The van der Waals surface area contributed by atoms with Crippen LogP contribution in [0, 0.1) is 6.92 Å². The second kappa shape index (κ2) is 3.98. The summed E-state index contributed by atoms with van der Waals surface area (Å²) in [4.78, 5) is 3.65. The number of rotatable bonds is 2. The maximum absolute atomic E-state index is 12.0. The second-order valence-electron chi connectivity index (χ2n) is 2.66. The maximum Gasteiger partial charge on any atom is 0.268 e. The van der Waals surface area contributed by atoms with Crippen molar-refractivity contribution in [2.75, 3.05) is 0 Å². The van der Waals surface area contributed by atoms with Gasteiger partial charge in [-0.2, -0.15) is 0 Å². The summed E-state index contributed by atoms with van der Waals surface area (Å²) < 4.78 is 24.1. The van der Waals surface area contributed by atoms with Gasteiger partial charge in [0.05, 0.1) is 0 Å². The summed E-state index contributed by atoms with van der Waals surface area (Å²) in [6.45, 7) is 1.64. The lowest BCUT2D eigenvalue weighted by Crippen LogP contribution is -2.08. The molecule has 0 saturated heterocycles. The van der Waals surface area contributed by atoms with Gasteiger partial charge in [-0.15, -0.1) is 0 Å². The van der Waals surface area contributed by atoms with E-state index in [-0.39, 0.29) is 10.7 Å². The Kier molecular flexibility index (Phi) is 3.17. The fourth-order valence-corrected chi connectivity index (χ4v) is 0.990. The molecule has 0 saturated carbocycles. The number of nitrogens with zero attached hydrogens (tertiary/aromatic N) is 1. The maximum atomic E-state index is 12.0. The average Bonchev–Trinajstić information content (AvgIpc) is 2.08. The van der Waals surface area contributed by atoms with Crippen LogP contribution in [0.2, 0.25) is 5.15 Å². The van der Waals surface area contributed by atoms with Gasteiger partial charge in [0.2, 0.25) is 0 Å². The Hall–Kier alpha value is -0.740. The van der Waals surface area contributed by atoms with Gasteiger partial charge in [0, 0.05) is 11.8 Å². The van der Waals surface area contributed by atoms with Gasteiger partial charge in [0.15, 0.2) is 0 Å². The molecule has 1 rings (SSSR count). The standard InChI is InChI=1S/C8H8ClF2NO/c1-4-2-5(3-12-7(4)9)6(13)8(10)11/h2-3,6,8,13H,1H3. The lowest BCUT2D eigenvalue weighted by Gasteiger charge is -2.09. The molecule has 1 aromatic rings. The molecule has 0 fully saturated rings. The molecule has 1 N–H and O–H groups in total. The number of aliphatic hydroxyl groups is 1. The zero-order valence-corrected chi connectivity index (χ0v) is 7.59. The zero-order valence-electron chi connectivity index (χ0n) is 6.84. The molecule has 0 bridgehead atoms. The van der Waals surface area contributed by atoms with Crippen molar-refractivity contribution < 1.29 is 13.9 Å². The van der Waals surface area contributed by atoms with E-state index in [0.29, 0.717) is 5.56 Å². The van der Waals surface area contributed by atoms with Gasteiger partial charge in [-0.05, 0) is 18.6 Å². The van der Waals surface area contributed by atoms with E-state index in [1.165, 1.54) is 6.07 Å². The van der Waals surface area contributed by atoms with Crippen molar-refractivity contribution in [3.05, 3.63) is 28.5 Å². The SMILES string of the molecule is Cc1cc(C(O)C(F)F)cnc1Cl. The van der Waals surface area contributed by atoms with Gasteiger partial charge < -0.3 is 5.11 Å². The van der Waals surface area contributed by atoms with Crippen LogP contribution in [0.1, 0.15) is 17.2 Å². The van der Waals surface area contributed by atoms with Crippen molar-refractivity contribution >= 4 is 11.6 Å². The largest absolute Gasteiger partial charge is 0.382 e. The Morgan fingerprint density at radius 1 is 1.54 bits per heavy atom. The molecule has 1 unspecified atom stereocenters.